The third-order valence-corrected chi connectivity index (χ3v) is 5.79. The Morgan fingerprint density at radius 2 is 2.00 bits per heavy atom. The van der Waals surface area contributed by atoms with Gasteiger partial charge in [0, 0.05) is 11.6 Å². The van der Waals surface area contributed by atoms with Crippen LogP contribution >= 0.6 is 11.6 Å². The predicted molar refractivity (Wildman–Crippen MR) is 101 cm³/mol. The van der Waals surface area contributed by atoms with Gasteiger partial charge in [-0.05, 0) is 23.8 Å². The molecule has 2 aliphatic heterocycles. The lowest BCUT2D eigenvalue weighted by Gasteiger charge is -2.39. The highest BCUT2D eigenvalue weighted by Gasteiger charge is 2.51. The van der Waals surface area contributed by atoms with Crippen molar-refractivity contribution in [3.05, 3.63) is 65.4 Å². The highest BCUT2D eigenvalue weighted by atomic mass is 35.5. The summed E-state index contributed by atoms with van der Waals surface area (Å²) in [5, 5.41) is 15.3. The molecule has 2 N–H and O–H groups in total. The number of rotatable bonds is 4. The molecule has 140 valence electrons. The number of hydrogen-bond donors (Lipinski definition) is 2. The van der Waals surface area contributed by atoms with Gasteiger partial charge in [-0.3, -0.25) is 0 Å². The number of fused-ring (bicyclic) bond motifs is 3. The van der Waals surface area contributed by atoms with Crippen LogP contribution in [0.15, 0.2) is 54.9 Å². The van der Waals surface area contributed by atoms with E-state index >= 15 is 0 Å². The van der Waals surface area contributed by atoms with Crippen molar-refractivity contribution in [1.82, 2.24) is 14.9 Å². The van der Waals surface area contributed by atoms with Crippen LogP contribution in [0.5, 0.6) is 0 Å². The standard InChI is InChI=1S/C20H20ClN3O3/c21-13-6-2-1-5-12(13)9-22-17-16-10-26-20(27-16)18(19(17)25)24-11-23-14-7-3-4-8-15(14)24/h1-8,11,16-20,22,25H,9-10H2/t16-,17-,18-,19+,20-/m1/s1. The molecule has 0 aliphatic carbocycles. The number of halogens is 1. The summed E-state index contributed by atoms with van der Waals surface area (Å²) >= 11 is 6.26. The molecule has 0 amide bonds. The van der Waals surface area contributed by atoms with Crippen LogP contribution in [0.4, 0.5) is 0 Å². The van der Waals surface area contributed by atoms with Gasteiger partial charge in [0.1, 0.15) is 12.1 Å². The van der Waals surface area contributed by atoms with Gasteiger partial charge in [0.2, 0.25) is 0 Å². The number of benzene rings is 2. The van der Waals surface area contributed by atoms with Gasteiger partial charge in [-0.15, -0.1) is 0 Å². The highest BCUT2D eigenvalue weighted by Crippen LogP contribution is 2.37. The van der Waals surface area contributed by atoms with Crippen molar-refractivity contribution in [3.63, 3.8) is 0 Å². The average molecular weight is 386 g/mol. The number of nitrogens with zero attached hydrogens (tertiary/aromatic N) is 2. The van der Waals surface area contributed by atoms with E-state index in [4.69, 9.17) is 21.1 Å². The molecule has 0 spiro atoms. The number of aromatic nitrogens is 2. The monoisotopic (exact) mass is 385 g/mol. The molecule has 2 saturated heterocycles. The Balaban J connectivity index is 1.43. The van der Waals surface area contributed by atoms with Crippen molar-refractivity contribution >= 4 is 22.6 Å². The van der Waals surface area contributed by atoms with Gasteiger partial charge in [0.05, 0.1) is 36.1 Å². The zero-order valence-electron chi connectivity index (χ0n) is 14.5. The Bertz CT molecular complexity index is 962. The molecule has 2 fully saturated rings. The molecule has 3 aromatic rings. The van der Waals surface area contributed by atoms with Gasteiger partial charge in [-0.25, -0.2) is 4.98 Å². The summed E-state index contributed by atoms with van der Waals surface area (Å²) < 4.78 is 13.9. The summed E-state index contributed by atoms with van der Waals surface area (Å²) in [5.74, 6) is 0. The van der Waals surface area contributed by atoms with Crippen molar-refractivity contribution < 1.29 is 14.6 Å². The number of para-hydroxylation sites is 2. The lowest BCUT2D eigenvalue weighted by Crippen LogP contribution is -2.57. The molecule has 7 heteroatoms. The minimum absolute atomic E-state index is 0.196. The SMILES string of the molecule is O[C@H]1[C@H](NCc2ccccc2Cl)[C@H]2CO[C@H](O2)[C@@H]1n1cnc2ccccc21. The summed E-state index contributed by atoms with van der Waals surface area (Å²) in [5.41, 5.74) is 2.81. The van der Waals surface area contributed by atoms with E-state index in [-0.39, 0.29) is 18.2 Å². The molecule has 6 nitrogen and oxygen atoms in total. The second-order valence-electron chi connectivity index (χ2n) is 7.00. The average Bonchev–Trinajstić information content (AvgIpc) is 3.30. The third-order valence-electron chi connectivity index (χ3n) is 5.42. The van der Waals surface area contributed by atoms with Crippen molar-refractivity contribution in [2.24, 2.45) is 0 Å². The number of aliphatic hydroxyl groups is 1. The van der Waals surface area contributed by atoms with Crippen LogP contribution in [0.25, 0.3) is 11.0 Å². The molecule has 1 aromatic heterocycles. The molecule has 27 heavy (non-hydrogen) atoms. The maximum absolute atomic E-state index is 11.2. The lowest BCUT2D eigenvalue weighted by molar-refractivity contribution is -0.164. The maximum atomic E-state index is 11.2. The van der Waals surface area contributed by atoms with Gasteiger partial charge in [0.15, 0.2) is 6.29 Å². The molecule has 0 radical (unpaired) electrons. The van der Waals surface area contributed by atoms with Crippen LogP contribution in [-0.4, -0.2) is 45.8 Å². The molecule has 3 heterocycles. The van der Waals surface area contributed by atoms with E-state index in [1.54, 1.807) is 6.33 Å². The number of imidazole rings is 1. The van der Waals surface area contributed by atoms with Gasteiger partial charge >= 0.3 is 0 Å². The Hall–Kier alpha value is -1.96. The zero-order chi connectivity index (χ0) is 18.4. The Kier molecular flexibility index (Phi) is 4.38. The van der Waals surface area contributed by atoms with Gasteiger partial charge in [-0.2, -0.15) is 0 Å². The number of aliphatic hydroxyl groups excluding tert-OH is 1. The highest BCUT2D eigenvalue weighted by molar-refractivity contribution is 6.31. The largest absolute Gasteiger partial charge is 0.389 e. The number of ether oxygens (including phenoxy) is 2. The van der Waals surface area contributed by atoms with Crippen molar-refractivity contribution in [1.29, 1.82) is 0 Å². The summed E-state index contributed by atoms with van der Waals surface area (Å²) in [6, 6.07) is 14.9. The molecule has 2 aliphatic rings. The van der Waals surface area contributed by atoms with E-state index in [2.05, 4.69) is 10.3 Å². The van der Waals surface area contributed by atoms with E-state index in [9.17, 15) is 5.11 Å². The molecule has 5 rings (SSSR count). The minimum atomic E-state index is -0.684. The first-order valence-electron chi connectivity index (χ1n) is 9.06. The minimum Gasteiger partial charge on any atom is -0.389 e. The fraction of sp³-hybridized carbons (Fsp3) is 0.350. The van der Waals surface area contributed by atoms with Crippen molar-refractivity contribution in [3.8, 4) is 0 Å². The second-order valence-corrected chi connectivity index (χ2v) is 7.40. The van der Waals surface area contributed by atoms with E-state index < -0.39 is 12.4 Å². The third kappa shape index (κ3) is 2.94. The van der Waals surface area contributed by atoms with Crippen LogP contribution in [-0.2, 0) is 16.0 Å². The smallest absolute Gasteiger partial charge is 0.181 e. The van der Waals surface area contributed by atoms with E-state index in [0.717, 1.165) is 16.6 Å². The topological polar surface area (TPSA) is 68.5 Å². The fourth-order valence-corrected chi connectivity index (χ4v) is 4.24. The van der Waals surface area contributed by atoms with Crippen LogP contribution in [0.3, 0.4) is 0 Å². The number of nitrogens with one attached hydrogen (secondary N) is 1. The van der Waals surface area contributed by atoms with Crippen LogP contribution in [0, 0.1) is 0 Å². The fourth-order valence-electron chi connectivity index (χ4n) is 4.03. The first-order chi connectivity index (χ1) is 13.2. The molecular formula is C20H20ClN3O3. The number of hydrogen-bond acceptors (Lipinski definition) is 5. The summed E-state index contributed by atoms with van der Waals surface area (Å²) in [6.45, 7) is 0.994. The first-order valence-corrected chi connectivity index (χ1v) is 9.43. The Labute approximate surface area is 161 Å². The molecular weight excluding hydrogens is 366 g/mol. The van der Waals surface area contributed by atoms with Crippen molar-refractivity contribution in [2.75, 3.05) is 6.61 Å². The van der Waals surface area contributed by atoms with Gasteiger partial charge in [0.25, 0.3) is 0 Å². The Morgan fingerprint density at radius 3 is 2.89 bits per heavy atom. The van der Waals surface area contributed by atoms with Gasteiger partial charge in [-0.1, -0.05) is 41.9 Å². The molecule has 2 bridgehead atoms. The molecule has 0 unspecified atom stereocenters. The second kappa shape index (κ2) is 6.89. The quantitative estimate of drug-likeness (QED) is 0.722. The summed E-state index contributed by atoms with van der Waals surface area (Å²) in [6.07, 6.45) is 0.380. The summed E-state index contributed by atoms with van der Waals surface area (Å²) in [7, 11) is 0. The lowest BCUT2D eigenvalue weighted by atomic mass is 9.95. The van der Waals surface area contributed by atoms with Crippen LogP contribution in [0.1, 0.15) is 11.6 Å². The van der Waals surface area contributed by atoms with Crippen molar-refractivity contribution in [2.45, 2.75) is 37.1 Å². The maximum Gasteiger partial charge on any atom is 0.181 e. The Morgan fingerprint density at radius 1 is 1.19 bits per heavy atom. The van der Waals surface area contributed by atoms with E-state index in [1.165, 1.54) is 0 Å². The zero-order valence-corrected chi connectivity index (χ0v) is 15.3. The normalized spacial score (nSPS) is 30.1. The van der Waals surface area contributed by atoms with Crippen LogP contribution < -0.4 is 5.32 Å². The van der Waals surface area contributed by atoms with Crippen LogP contribution in [0.2, 0.25) is 5.02 Å². The molecule has 0 saturated carbocycles. The molecule has 2 aromatic carbocycles. The molecule has 5 atom stereocenters. The first kappa shape index (κ1) is 17.2. The summed E-state index contributed by atoms with van der Waals surface area (Å²) in [4.78, 5) is 4.44. The van der Waals surface area contributed by atoms with Gasteiger partial charge < -0.3 is 24.5 Å². The predicted octanol–water partition coefficient (Wildman–Crippen LogP) is 2.51. The van der Waals surface area contributed by atoms with E-state index in [0.29, 0.717) is 18.2 Å². The van der Waals surface area contributed by atoms with E-state index in [1.807, 2.05) is 53.1 Å².